The molecule has 2 aromatic carbocycles. The Labute approximate surface area is 202 Å². The molecule has 0 aliphatic carbocycles. The van der Waals surface area contributed by atoms with Crippen LogP contribution in [0.2, 0.25) is 0 Å². The number of carbonyl (C=O) groups excluding carboxylic acids is 2. The summed E-state index contributed by atoms with van der Waals surface area (Å²) in [4.78, 5) is 37.9. The highest BCUT2D eigenvalue weighted by molar-refractivity contribution is 5.97. The molecule has 0 atom stereocenters. The number of nitrogens with one attached hydrogen (secondary N) is 2. The normalized spacial score (nSPS) is 15.6. The molecular weight excluding hydrogens is 448 g/mol. The highest BCUT2D eigenvalue weighted by Gasteiger charge is 2.24. The van der Waals surface area contributed by atoms with Gasteiger partial charge in [-0.15, -0.1) is 0 Å². The van der Waals surface area contributed by atoms with E-state index in [0.29, 0.717) is 73.7 Å². The van der Waals surface area contributed by atoms with Gasteiger partial charge in [0.15, 0.2) is 5.82 Å². The minimum atomic E-state index is -0.0869. The van der Waals surface area contributed by atoms with Gasteiger partial charge in [-0.3, -0.25) is 9.59 Å². The van der Waals surface area contributed by atoms with Crippen LogP contribution in [0.3, 0.4) is 0 Å². The Balaban J connectivity index is 1.43. The maximum Gasteiger partial charge on any atom is 0.254 e. The fourth-order valence-electron chi connectivity index (χ4n) is 4.12. The van der Waals surface area contributed by atoms with E-state index in [1.807, 2.05) is 35.2 Å². The zero-order valence-corrected chi connectivity index (χ0v) is 19.4. The monoisotopic (exact) mass is 474 g/mol. The molecule has 10 heteroatoms. The number of morpholine rings is 1. The molecule has 5 rings (SSSR count). The van der Waals surface area contributed by atoms with Crippen LogP contribution in [0.5, 0.6) is 5.75 Å². The molecule has 1 fully saturated rings. The van der Waals surface area contributed by atoms with E-state index in [4.69, 9.17) is 14.5 Å². The molecule has 2 aliphatic rings. The molecule has 3 heterocycles. The summed E-state index contributed by atoms with van der Waals surface area (Å²) in [7, 11) is 1.55. The number of hydrogen-bond donors (Lipinski definition) is 2. The number of benzene rings is 2. The predicted molar refractivity (Wildman–Crippen MR) is 132 cm³/mol. The number of anilines is 5. The summed E-state index contributed by atoms with van der Waals surface area (Å²) in [5.41, 5.74) is 2.63. The molecule has 35 heavy (non-hydrogen) atoms. The molecule has 0 spiro atoms. The van der Waals surface area contributed by atoms with Crippen molar-refractivity contribution in [3.05, 3.63) is 60.3 Å². The molecule has 2 aliphatic heterocycles. The number of methoxy groups -OCH3 is 1. The average Bonchev–Trinajstić information content (AvgIpc) is 3.07. The van der Waals surface area contributed by atoms with Gasteiger partial charge in [-0.1, -0.05) is 18.2 Å². The molecular formula is C25H26N6O4. The van der Waals surface area contributed by atoms with Crippen LogP contribution in [0.15, 0.2) is 54.7 Å². The molecule has 0 radical (unpaired) electrons. The third-order valence-electron chi connectivity index (χ3n) is 5.92. The van der Waals surface area contributed by atoms with Gasteiger partial charge >= 0.3 is 0 Å². The zero-order chi connectivity index (χ0) is 24.2. The topological polar surface area (TPSA) is 109 Å². The van der Waals surface area contributed by atoms with Gasteiger partial charge in [0.05, 0.1) is 32.2 Å². The zero-order valence-electron chi connectivity index (χ0n) is 19.4. The van der Waals surface area contributed by atoms with Crippen molar-refractivity contribution in [2.75, 3.05) is 55.5 Å². The minimum absolute atomic E-state index is 0.0614. The first-order chi connectivity index (χ1) is 17.1. The van der Waals surface area contributed by atoms with Gasteiger partial charge in [0.1, 0.15) is 11.4 Å². The maximum absolute atomic E-state index is 12.9. The van der Waals surface area contributed by atoms with Crippen molar-refractivity contribution in [1.29, 1.82) is 0 Å². The Morgan fingerprint density at radius 3 is 2.69 bits per heavy atom. The molecule has 3 aromatic rings. The Hall–Kier alpha value is -4.18. The largest absolute Gasteiger partial charge is 0.495 e. The average molecular weight is 475 g/mol. The highest BCUT2D eigenvalue weighted by Crippen LogP contribution is 2.34. The molecule has 0 bridgehead atoms. The number of nitrogens with zero attached hydrogens (tertiary/aromatic N) is 4. The van der Waals surface area contributed by atoms with Gasteiger partial charge in [-0.05, 0) is 30.3 Å². The second-order valence-corrected chi connectivity index (χ2v) is 8.16. The summed E-state index contributed by atoms with van der Waals surface area (Å²) in [6, 6.07) is 15.0. The second-order valence-electron chi connectivity index (χ2n) is 8.16. The first-order valence-electron chi connectivity index (χ1n) is 11.4. The van der Waals surface area contributed by atoms with E-state index in [1.54, 1.807) is 36.4 Å². The molecule has 0 saturated carbocycles. The summed E-state index contributed by atoms with van der Waals surface area (Å²) >= 11 is 0. The lowest BCUT2D eigenvalue weighted by Gasteiger charge is -2.27. The van der Waals surface area contributed by atoms with E-state index in [2.05, 4.69) is 15.6 Å². The Morgan fingerprint density at radius 1 is 1.11 bits per heavy atom. The lowest BCUT2D eigenvalue weighted by molar-refractivity contribution is -0.115. The van der Waals surface area contributed by atoms with Crippen LogP contribution in [0.25, 0.3) is 0 Å². The van der Waals surface area contributed by atoms with E-state index in [1.165, 1.54) is 0 Å². The predicted octanol–water partition coefficient (Wildman–Crippen LogP) is 3.18. The fourth-order valence-corrected chi connectivity index (χ4v) is 4.12. The third-order valence-corrected chi connectivity index (χ3v) is 5.92. The van der Waals surface area contributed by atoms with E-state index < -0.39 is 0 Å². The SMILES string of the molecule is COc1cc(C(=O)N2CCOCC2)ccc1Nc1ncc2c(n1)N(c1ccccc1)CCC(=O)N2. The van der Waals surface area contributed by atoms with E-state index in [-0.39, 0.29) is 11.8 Å². The van der Waals surface area contributed by atoms with Gasteiger partial charge in [0.25, 0.3) is 5.91 Å². The number of rotatable bonds is 5. The van der Waals surface area contributed by atoms with Crippen LogP contribution in [0, 0.1) is 0 Å². The minimum Gasteiger partial charge on any atom is -0.495 e. The lowest BCUT2D eigenvalue weighted by Crippen LogP contribution is -2.40. The molecule has 1 aromatic heterocycles. The van der Waals surface area contributed by atoms with Crippen LogP contribution in [-0.4, -0.2) is 66.6 Å². The van der Waals surface area contributed by atoms with Gasteiger partial charge in [-0.2, -0.15) is 4.98 Å². The number of amides is 2. The van der Waals surface area contributed by atoms with E-state index in [9.17, 15) is 9.59 Å². The van der Waals surface area contributed by atoms with Crippen LogP contribution in [-0.2, 0) is 9.53 Å². The Kier molecular flexibility index (Phi) is 6.44. The van der Waals surface area contributed by atoms with E-state index in [0.717, 1.165) is 5.69 Å². The Bertz CT molecular complexity index is 1230. The molecule has 2 amide bonds. The van der Waals surface area contributed by atoms with Gasteiger partial charge in [0, 0.05) is 37.3 Å². The number of carbonyl (C=O) groups is 2. The van der Waals surface area contributed by atoms with Crippen molar-refractivity contribution in [1.82, 2.24) is 14.9 Å². The van der Waals surface area contributed by atoms with Gasteiger partial charge < -0.3 is 29.9 Å². The molecule has 2 N–H and O–H groups in total. The van der Waals surface area contributed by atoms with Crippen molar-refractivity contribution in [2.45, 2.75) is 6.42 Å². The summed E-state index contributed by atoms with van der Waals surface area (Å²) in [5, 5.41) is 6.07. The smallest absolute Gasteiger partial charge is 0.254 e. The van der Waals surface area contributed by atoms with Crippen molar-refractivity contribution in [3.63, 3.8) is 0 Å². The van der Waals surface area contributed by atoms with Crippen molar-refractivity contribution in [3.8, 4) is 5.75 Å². The summed E-state index contributed by atoms with van der Waals surface area (Å²) in [6.45, 7) is 2.70. The lowest BCUT2D eigenvalue weighted by atomic mass is 10.1. The van der Waals surface area contributed by atoms with Crippen LogP contribution in [0.4, 0.5) is 28.8 Å². The summed E-state index contributed by atoms with van der Waals surface area (Å²) < 4.78 is 10.9. The number of para-hydroxylation sites is 1. The maximum atomic E-state index is 12.9. The number of fused-ring (bicyclic) bond motifs is 1. The third kappa shape index (κ3) is 4.87. The summed E-state index contributed by atoms with van der Waals surface area (Å²) in [5.74, 6) is 1.28. The van der Waals surface area contributed by atoms with Gasteiger partial charge in [-0.25, -0.2) is 4.98 Å². The van der Waals surface area contributed by atoms with Crippen LogP contribution >= 0.6 is 0 Å². The van der Waals surface area contributed by atoms with E-state index >= 15 is 0 Å². The van der Waals surface area contributed by atoms with Crippen LogP contribution in [0.1, 0.15) is 16.8 Å². The number of aromatic nitrogens is 2. The number of hydrogen-bond acceptors (Lipinski definition) is 8. The first-order valence-corrected chi connectivity index (χ1v) is 11.4. The first kappa shape index (κ1) is 22.6. The van der Waals surface area contributed by atoms with Crippen LogP contribution < -0.4 is 20.3 Å². The fraction of sp³-hybridized carbons (Fsp3) is 0.280. The van der Waals surface area contributed by atoms with Crippen molar-refractivity contribution in [2.24, 2.45) is 0 Å². The number of ether oxygens (including phenoxy) is 2. The molecule has 0 unspecified atom stereocenters. The Morgan fingerprint density at radius 2 is 1.91 bits per heavy atom. The van der Waals surface area contributed by atoms with Crippen molar-refractivity contribution < 1.29 is 19.1 Å². The standard InChI is InChI=1S/C25H26N6O4/c1-34-21-15-17(24(33)30-11-13-35-14-12-30)7-8-19(21)28-25-26-16-20-23(29-25)31(10-9-22(32)27-20)18-5-3-2-4-6-18/h2-8,15-16H,9-14H2,1H3,(H,27,32)(H,26,28,29). The molecule has 180 valence electrons. The molecule has 10 nitrogen and oxygen atoms in total. The summed E-state index contributed by atoms with van der Waals surface area (Å²) in [6.07, 6.45) is 1.92. The second kappa shape index (κ2) is 9.98. The quantitative estimate of drug-likeness (QED) is 0.581. The van der Waals surface area contributed by atoms with Crippen molar-refractivity contribution >= 4 is 40.6 Å². The van der Waals surface area contributed by atoms with Gasteiger partial charge in [0.2, 0.25) is 11.9 Å². The molecule has 1 saturated heterocycles. The highest BCUT2D eigenvalue weighted by atomic mass is 16.5.